The van der Waals surface area contributed by atoms with Gasteiger partial charge in [-0.25, -0.2) is 4.39 Å². The Bertz CT molecular complexity index is 657. The summed E-state index contributed by atoms with van der Waals surface area (Å²) in [6.45, 7) is 0. The minimum Gasteiger partial charge on any atom is -0.366 e. The third-order valence-corrected chi connectivity index (χ3v) is 4.11. The van der Waals surface area contributed by atoms with Gasteiger partial charge >= 0.3 is 0 Å². The van der Waals surface area contributed by atoms with Gasteiger partial charge in [0.15, 0.2) is 0 Å². The lowest BCUT2D eigenvalue weighted by atomic mass is 10.1. The van der Waals surface area contributed by atoms with Crippen molar-refractivity contribution >= 4 is 51.4 Å². The van der Waals surface area contributed by atoms with Crippen LogP contribution in [0.2, 0.25) is 0 Å². The molecule has 0 atom stereocenters. The third-order valence-electron chi connectivity index (χ3n) is 2.32. The summed E-state index contributed by atoms with van der Waals surface area (Å²) in [6, 6.07) is 5.41. The van der Waals surface area contributed by atoms with E-state index in [2.05, 4.69) is 27.9 Å². The van der Waals surface area contributed by atoms with Crippen LogP contribution in [0.1, 0.15) is 20.7 Å². The summed E-state index contributed by atoms with van der Waals surface area (Å²) < 4.78 is 14.3. The number of anilines is 1. The van der Waals surface area contributed by atoms with Gasteiger partial charge in [-0.1, -0.05) is 0 Å². The summed E-state index contributed by atoms with van der Waals surface area (Å²) in [5, 5.41) is 4.30. The maximum Gasteiger partial charge on any atom is 0.256 e. The predicted molar refractivity (Wildman–Crippen MR) is 79.9 cm³/mol. The summed E-state index contributed by atoms with van der Waals surface area (Å²) in [4.78, 5) is 22.9. The molecule has 0 saturated heterocycles. The minimum absolute atomic E-state index is 0.252. The van der Waals surface area contributed by atoms with Crippen molar-refractivity contribution in [2.75, 3.05) is 5.32 Å². The molecule has 7 heteroatoms. The number of benzene rings is 1. The van der Waals surface area contributed by atoms with Crippen LogP contribution >= 0.6 is 33.9 Å². The van der Waals surface area contributed by atoms with Crippen LogP contribution in [-0.2, 0) is 0 Å². The summed E-state index contributed by atoms with van der Waals surface area (Å²) in [7, 11) is 0. The van der Waals surface area contributed by atoms with Gasteiger partial charge in [0, 0.05) is 11.1 Å². The van der Waals surface area contributed by atoms with Crippen molar-refractivity contribution in [2.24, 2.45) is 5.73 Å². The van der Waals surface area contributed by atoms with E-state index in [1.165, 1.54) is 23.5 Å². The maximum atomic E-state index is 13.3. The second-order valence-corrected chi connectivity index (χ2v) is 6.46. The van der Waals surface area contributed by atoms with E-state index in [9.17, 15) is 14.0 Å². The van der Waals surface area contributed by atoms with Gasteiger partial charge in [0.1, 0.15) is 5.82 Å². The lowest BCUT2D eigenvalue weighted by Crippen LogP contribution is -2.15. The van der Waals surface area contributed by atoms with Gasteiger partial charge in [0.2, 0.25) is 0 Å². The van der Waals surface area contributed by atoms with Crippen LogP contribution in [0.3, 0.4) is 0 Å². The van der Waals surface area contributed by atoms with Crippen LogP contribution in [0.5, 0.6) is 0 Å². The van der Waals surface area contributed by atoms with E-state index in [1.54, 1.807) is 11.4 Å². The maximum absolute atomic E-state index is 13.3. The molecule has 0 bridgehead atoms. The van der Waals surface area contributed by atoms with E-state index in [1.807, 2.05) is 0 Å². The van der Waals surface area contributed by atoms with E-state index < -0.39 is 11.7 Å². The number of halogens is 2. The number of primary amides is 1. The van der Waals surface area contributed by atoms with E-state index in [0.717, 1.165) is 8.95 Å². The van der Waals surface area contributed by atoms with Gasteiger partial charge < -0.3 is 11.1 Å². The average molecular weight is 390 g/mol. The molecule has 0 unspecified atom stereocenters. The van der Waals surface area contributed by atoms with Gasteiger partial charge in [-0.2, -0.15) is 0 Å². The molecule has 0 aliphatic carbocycles. The highest BCUT2D eigenvalue weighted by atomic mass is 127. The van der Waals surface area contributed by atoms with E-state index in [-0.39, 0.29) is 11.5 Å². The summed E-state index contributed by atoms with van der Waals surface area (Å²) in [5.74, 6) is -1.91. The summed E-state index contributed by atoms with van der Waals surface area (Å²) >= 11 is 3.56. The molecule has 0 aliphatic rings. The van der Waals surface area contributed by atoms with Crippen LogP contribution in [0, 0.1) is 8.70 Å². The van der Waals surface area contributed by atoms with Crippen molar-refractivity contribution < 1.29 is 14.0 Å². The van der Waals surface area contributed by atoms with Crippen molar-refractivity contribution in [1.82, 2.24) is 0 Å². The van der Waals surface area contributed by atoms with E-state index >= 15 is 0 Å². The molecule has 2 aromatic rings. The largest absolute Gasteiger partial charge is 0.366 e. The highest BCUT2D eigenvalue weighted by Crippen LogP contribution is 2.19. The van der Waals surface area contributed by atoms with E-state index in [4.69, 9.17) is 5.73 Å². The molecule has 1 aromatic heterocycles. The first-order valence-electron chi connectivity index (χ1n) is 5.12. The van der Waals surface area contributed by atoms with Crippen molar-refractivity contribution in [2.45, 2.75) is 0 Å². The SMILES string of the molecule is NC(=O)c1cc(NC(=O)c2csc(I)c2)ccc1F. The van der Waals surface area contributed by atoms with Gasteiger partial charge in [0.05, 0.1) is 14.0 Å². The lowest BCUT2D eigenvalue weighted by Gasteiger charge is -2.06. The number of carbonyl (C=O) groups excluding carboxylic acids is 2. The molecule has 19 heavy (non-hydrogen) atoms. The van der Waals surface area contributed by atoms with Gasteiger partial charge in [-0.15, -0.1) is 11.3 Å². The number of carbonyl (C=O) groups is 2. The first kappa shape index (κ1) is 13.9. The number of hydrogen-bond donors (Lipinski definition) is 2. The van der Waals surface area contributed by atoms with Crippen LogP contribution in [0.4, 0.5) is 10.1 Å². The highest BCUT2D eigenvalue weighted by molar-refractivity contribution is 14.1. The fourth-order valence-electron chi connectivity index (χ4n) is 1.42. The van der Waals surface area contributed by atoms with Crippen molar-refractivity contribution in [3.05, 3.63) is 49.5 Å². The first-order valence-corrected chi connectivity index (χ1v) is 7.08. The average Bonchev–Trinajstić information content (AvgIpc) is 2.78. The topological polar surface area (TPSA) is 72.2 Å². The molecule has 0 saturated carbocycles. The van der Waals surface area contributed by atoms with Gasteiger partial charge in [-0.3, -0.25) is 9.59 Å². The molecule has 2 amide bonds. The highest BCUT2D eigenvalue weighted by Gasteiger charge is 2.12. The summed E-state index contributed by atoms with van der Waals surface area (Å²) in [5.41, 5.74) is 5.62. The Hall–Kier alpha value is -1.48. The molecule has 1 heterocycles. The Balaban J connectivity index is 2.22. The number of nitrogens with one attached hydrogen (secondary N) is 1. The minimum atomic E-state index is -0.876. The standard InChI is InChI=1S/C12H8FIN2O2S/c13-9-2-1-7(4-8(9)11(15)17)16-12(18)6-3-10(14)19-5-6/h1-5H,(H2,15,17)(H,16,18). The van der Waals surface area contributed by atoms with Crippen LogP contribution < -0.4 is 11.1 Å². The van der Waals surface area contributed by atoms with Gasteiger partial charge in [0.25, 0.3) is 11.8 Å². The molecule has 98 valence electrons. The van der Waals surface area contributed by atoms with Crippen LogP contribution in [-0.4, -0.2) is 11.8 Å². The predicted octanol–water partition coefficient (Wildman–Crippen LogP) is 2.84. The molecule has 0 aliphatic heterocycles. The fraction of sp³-hybridized carbons (Fsp3) is 0. The second kappa shape index (κ2) is 5.66. The number of amides is 2. The molecule has 3 N–H and O–H groups in total. The Kier molecular flexibility index (Phi) is 4.15. The number of hydrogen-bond acceptors (Lipinski definition) is 3. The smallest absolute Gasteiger partial charge is 0.256 e. The number of thiophene rings is 1. The Morgan fingerprint density at radius 1 is 1.32 bits per heavy atom. The van der Waals surface area contributed by atoms with Crippen LogP contribution in [0.25, 0.3) is 0 Å². The summed E-state index contributed by atoms with van der Waals surface area (Å²) in [6.07, 6.45) is 0. The molecule has 0 spiro atoms. The van der Waals surface area contributed by atoms with Gasteiger partial charge in [-0.05, 0) is 46.9 Å². The normalized spacial score (nSPS) is 10.2. The van der Waals surface area contributed by atoms with Crippen molar-refractivity contribution in [3.63, 3.8) is 0 Å². The molecule has 0 radical (unpaired) electrons. The Morgan fingerprint density at radius 3 is 2.63 bits per heavy atom. The fourth-order valence-corrected chi connectivity index (χ4v) is 2.75. The third kappa shape index (κ3) is 3.29. The molecule has 1 aromatic carbocycles. The molecule has 2 rings (SSSR count). The zero-order chi connectivity index (χ0) is 14.0. The zero-order valence-corrected chi connectivity index (χ0v) is 12.4. The second-order valence-electron chi connectivity index (χ2n) is 3.65. The Labute approximate surface area is 125 Å². The quantitative estimate of drug-likeness (QED) is 0.792. The Morgan fingerprint density at radius 2 is 2.05 bits per heavy atom. The number of rotatable bonds is 3. The molecular weight excluding hydrogens is 382 g/mol. The van der Waals surface area contributed by atoms with Crippen LogP contribution in [0.15, 0.2) is 29.6 Å². The van der Waals surface area contributed by atoms with Crippen molar-refractivity contribution in [1.29, 1.82) is 0 Å². The molecule has 0 fully saturated rings. The lowest BCUT2D eigenvalue weighted by molar-refractivity contribution is 0.0992. The first-order chi connectivity index (χ1) is 8.97. The number of nitrogens with two attached hydrogens (primary N) is 1. The molecular formula is C12H8FIN2O2S. The zero-order valence-electron chi connectivity index (χ0n) is 9.44. The molecule has 4 nitrogen and oxygen atoms in total. The van der Waals surface area contributed by atoms with Crippen molar-refractivity contribution in [3.8, 4) is 0 Å². The monoisotopic (exact) mass is 390 g/mol. The van der Waals surface area contributed by atoms with E-state index in [0.29, 0.717) is 11.3 Å².